The summed E-state index contributed by atoms with van der Waals surface area (Å²) in [5, 5.41) is 10.9. The number of carbonyl (C=O) groups is 2. The molecule has 22 heavy (non-hydrogen) atoms. The van der Waals surface area contributed by atoms with Gasteiger partial charge in [-0.25, -0.2) is 0 Å². The lowest BCUT2D eigenvalue weighted by Crippen LogP contribution is -2.55. The first-order valence-corrected chi connectivity index (χ1v) is 8.52. The molecule has 3 fully saturated rings. The molecule has 0 amide bonds. The molecule has 3 nitrogen and oxygen atoms in total. The van der Waals surface area contributed by atoms with Crippen molar-refractivity contribution in [2.24, 2.45) is 28.6 Å². The maximum Gasteiger partial charge on any atom is 0.178 e. The molecular weight excluding hydrogens is 276 g/mol. The number of Topliss-reactive ketones (excluding diaryl/α,β-unsaturated/α-hetero) is 1. The first kappa shape index (κ1) is 14.4. The molecule has 0 aromatic heterocycles. The van der Waals surface area contributed by atoms with Crippen LogP contribution in [0.3, 0.4) is 0 Å². The van der Waals surface area contributed by atoms with Gasteiger partial charge in [-0.2, -0.15) is 0 Å². The summed E-state index contributed by atoms with van der Waals surface area (Å²) in [6.07, 6.45) is 9.14. The number of ketones is 2. The highest BCUT2D eigenvalue weighted by molar-refractivity contribution is 6.01. The average molecular weight is 300 g/mol. The second-order valence-corrected chi connectivity index (χ2v) is 8.17. The van der Waals surface area contributed by atoms with Crippen molar-refractivity contribution in [3.63, 3.8) is 0 Å². The SMILES string of the molecule is C[C@]12C=CC(=O)C=C1CC[C@@H]1[C@@H]2C(O)C[C@]2(C)C(=O)CC[C@@H]12. The number of fused-ring (bicyclic) bond motifs is 5. The molecule has 3 saturated carbocycles. The van der Waals surface area contributed by atoms with Crippen molar-refractivity contribution in [2.45, 2.75) is 52.1 Å². The molecule has 0 radical (unpaired) electrons. The van der Waals surface area contributed by atoms with Gasteiger partial charge in [0.25, 0.3) is 0 Å². The molecular formula is C19H24O3. The zero-order valence-corrected chi connectivity index (χ0v) is 13.3. The van der Waals surface area contributed by atoms with E-state index in [2.05, 4.69) is 13.8 Å². The molecule has 0 bridgehead atoms. The molecule has 0 spiro atoms. The molecule has 1 N–H and O–H groups in total. The van der Waals surface area contributed by atoms with E-state index < -0.39 is 6.10 Å². The van der Waals surface area contributed by atoms with Gasteiger partial charge in [-0.3, -0.25) is 9.59 Å². The monoisotopic (exact) mass is 300 g/mol. The third-order valence-corrected chi connectivity index (χ3v) is 7.21. The second kappa shape index (κ2) is 4.41. The molecule has 4 aliphatic carbocycles. The lowest BCUT2D eigenvalue weighted by Gasteiger charge is -2.57. The molecule has 4 aliphatic rings. The van der Waals surface area contributed by atoms with Crippen molar-refractivity contribution in [3.05, 3.63) is 23.8 Å². The van der Waals surface area contributed by atoms with E-state index in [1.807, 2.05) is 6.08 Å². The van der Waals surface area contributed by atoms with Crippen molar-refractivity contribution >= 4 is 11.6 Å². The number of allylic oxidation sites excluding steroid dienone is 4. The van der Waals surface area contributed by atoms with Gasteiger partial charge in [0.1, 0.15) is 5.78 Å². The molecule has 4 rings (SSSR count). The Bertz CT molecular complexity index is 616. The normalized spacial score (nSPS) is 50.2. The van der Waals surface area contributed by atoms with Crippen LogP contribution in [0.25, 0.3) is 0 Å². The molecule has 3 heteroatoms. The van der Waals surface area contributed by atoms with Crippen LogP contribution < -0.4 is 0 Å². The maximum atomic E-state index is 12.4. The topological polar surface area (TPSA) is 54.4 Å². The summed E-state index contributed by atoms with van der Waals surface area (Å²) in [7, 11) is 0. The Kier molecular flexibility index (Phi) is 2.88. The Labute approximate surface area is 131 Å². The van der Waals surface area contributed by atoms with Gasteiger partial charge < -0.3 is 5.11 Å². The van der Waals surface area contributed by atoms with Crippen LogP contribution in [0.1, 0.15) is 46.0 Å². The standard InChI is InChI=1S/C19H24O3/c1-18-8-7-12(20)9-11(18)3-4-13-14-5-6-16(22)19(14,2)10-15(21)17(13)18/h7-9,13-15,17,21H,3-6,10H2,1-2H3/t13-,14-,15?,17+,18-,19-/m0/s1. The van der Waals surface area contributed by atoms with Crippen molar-refractivity contribution < 1.29 is 14.7 Å². The number of rotatable bonds is 0. The minimum Gasteiger partial charge on any atom is -0.393 e. The molecule has 0 saturated heterocycles. The van der Waals surface area contributed by atoms with Crippen molar-refractivity contribution in [2.75, 3.05) is 0 Å². The second-order valence-electron chi connectivity index (χ2n) is 8.17. The summed E-state index contributed by atoms with van der Waals surface area (Å²) in [4.78, 5) is 24.1. The highest BCUT2D eigenvalue weighted by atomic mass is 16.3. The van der Waals surface area contributed by atoms with E-state index in [-0.39, 0.29) is 22.5 Å². The fourth-order valence-corrected chi connectivity index (χ4v) is 6.10. The van der Waals surface area contributed by atoms with E-state index in [4.69, 9.17) is 0 Å². The average Bonchev–Trinajstić information content (AvgIpc) is 2.75. The third-order valence-electron chi connectivity index (χ3n) is 7.21. The van der Waals surface area contributed by atoms with E-state index in [0.29, 0.717) is 30.5 Å². The Balaban J connectivity index is 1.77. The van der Waals surface area contributed by atoms with Crippen molar-refractivity contribution in [1.29, 1.82) is 0 Å². The van der Waals surface area contributed by atoms with Crippen LogP contribution in [0.4, 0.5) is 0 Å². The lowest BCUT2D eigenvalue weighted by atomic mass is 9.47. The Morgan fingerprint density at radius 1 is 1.18 bits per heavy atom. The fourth-order valence-electron chi connectivity index (χ4n) is 6.10. The summed E-state index contributed by atoms with van der Waals surface area (Å²) >= 11 is 0. The van der Waals surface area contributed by atoms with Gasteiger partial charge in [-0.15, -0.1) is 0 Å². The van der Waals surface area contributed by atoms with Crippen LogP contribution >= 0.6 is 0 Å². The van der Waals surface area contributed by atoms with Crippen LogP contribution in [0.2, 0.25) is 0 Å². The van der Waals surface area contributed by atoms with Gasteiger partial charge in [0.05, 0.1) is 6.10 Å². The zero-order valence-electron chi connectivity index (χ0n) is 13.3. The zero-order chi connectivity index (χ0) is 15.7. The molecule has 0 aromatic rings. The van der Waals surface area contributed by atoms with Gasteiger partial charge in [0.2, 0.25) is 0 Å². The summed E-state index contributed by atoms with van der Waals surface area (Å²) in [6, 6.07) is 0. The van der Waals surface area contributed by atoms with E-state index in [1.54, 1.807) is 12.2 Å². The predicted molar refractivity (Wildman–Crippen MR) is 83.0 cm³/mol. The number of hydrogen-bond acceptors (Lipinski definition) is 3. The molecule has 6 atom stereocenters. The fraction of sp³-hybridized carbons (Fsp3) is 0.684. The minimum atomic E-state index is -0.458. The minimum absolute atomic E-state index is 0.0668. The molecule has 0 heterocycles. The Morgan fingerprint density at radius 2 is 1.95 bits per heavy atom. The number of carbonyl (C=O) groups excluding carboxylic acids is 2. The summed E-state index contributed by atoms with van der Waals surface area (Å²) in [5.74, 6) is 1.34. The van der Waals surface area contributed by atoms with Crippen LogP contribution in [0.5, 0.6) is 0 Å². The maximum absolute atomic E-state index is 12.4. The van der Waals surface area contributed by atoms with Crippen molar-refractivity contribution in [3.8, 4) is 0 Å². The molecule has 0 aromatic carbocycles. The quantitative estimate of drug-likeness (QED) is 0.748. The first-order chi connectivity index (χ1) is 10.4. The highest BCUT2D eigenvalue weighted by Gasteiger charge is 2.61. The van der Waals surface area contributed by atoms with E-state index in [0.717, 1.165) is 19.3 Å². The van der Waals surface area contributed by atoms with Crippen LogP contribution in [0.15, 0.2) is 23.8 Å². The summed E-state index contributed by atoms with van der Waals surface area (Å²) in [5.41, 5.74) is 0.628. The largest absolute Gasteiger partial charge is 0.393 e. The Morgan fingerprint density at radius 3 is 2.73 bits per heavy atom. The predicted octanol–water partition coefficient (Wildman–Crippen LogP) is 2.83. The number of aliphatic hydroxyl groups excluding tert-OH is 1. The number of aliphatic hydroxyl groups is 1. The summed E-state index contributed by atoms with van der Waals surface area (Å²) < 4.78 is 0. The molecule has 118 valence electrons. The van der Waals surface area contributed by atoms with E-state index in [9.17, 15) is 14.7 Å². The van der Waals surface area contributed by atoms with Crippen molar-refractivity contribution in [1.82, 2.24) is 0 Å². The van der Waals surface area contributed by atoms with E-state index >= 15 is 0 Å². The first-order valence-electron chi connectivity index (χ1n) is 8.52. The highest BCUT2D eigenvalue weighted by Crippen LogP contribution is 2.63. The number of hydrogen-bond donors (Lipinski definition) is 1. The van der Waals surface area contributed by atoms with Gasteiger partial charge in [-0.1, -0.05) is 25.5 Å². The van der Waals surface area contributed by atoms with Gasteiger partial charge in [0.15, 0.2) is 5.78 Å². The van der Waals surface area contributed by atoms with Crippen LogP contribution in [-0.4, -0.2) is 22.8 Å². The van der Waals surface area contributed by atoms with Crippen LogP contribution in [0, 0.1) is 28.6 Å². The Hall–Kier alpha value is -1.22. The summed E-state index contributed by atoms with van der Waals surface area (Å²) in [6.45, 7) is 4.24. The van der Waals surface area contributed by atoms with Crippen LogP contribution in [-0.2, 0) is 9.59 Å². The van der Waals surface area contributed by atoms with E-state index in [1.165, 1.54) is 5.57 Å². The van der Waals surface area contributed by atoms with Gasteiger partial charge in [0, 0.05) is 23.2 Å². The van der Waals surface area contributed by atoms with Gasteiger partial charge in [-0.05, 0) is 49.7 Å². The molecule has 0 aliphatic heterocycles. The molecule has 1 unspecified atom stereocenters. The third kappa shape index (κ3) is 1.66. The van der Waals surface area contributed by atoms with Gasteiger partial charge >= 0.3 is 0 Å². The smallest absolute Gasteiger partial charge is 0.178 e. The lowest BCUT2D eigenvalue weighted by molar-refractivity contribution is -0.142.